The molecule has 1 saturated carbocycles. The van der Waals surface area contributed by atoms with Gasteiger partial charge >= 0.3 is 0 Å². The molecule has 0 aliphatic heterocycles. The van der Waals surface area contributed by atoms with Crippen LogP contribution in [0, 0.1) is 5.82 Å². The Morgan fingerprint density at radius 3 is 2.69 bits per heavy atom. The number of hydrogen-bond donors (Lipinski definition) is 2. The van der Waals surface area contributed by atoms with E-state index in [0.29, 0.717) is 6.54 Å². The fourth-order valence-electron chi connectivity index (χ4n) is 2.25. The molecule has 1 aliphatic carbocycles. The van der Waals surface area contributed by atoms with Crippen LogP contribution in [-0.4, -0.2) is 17.3 Å². The second-order valence-corrected chi connectivity index (χ2v) is 4.65. The molecule has 0 saturated heterocycles. The minimum absolute atomic E-state index is 0.249. The summed E-state index contributed by atoms with van der Waals surface area (Å²) >= 11 is 0. The largest absolute Gasteiger partial charge is 0.388 e. The van der Waals surface area contributed by atoms with Crippen molar-refractivity contribution in [2.24, 2.45) is 0 Å². The van der Waals surface area contributed by atoms with Crippen LogP contribution >= 0.6 is 0 Å². The van der Waals surface area contributed by atoms with E-state index in [2.05, 4.69) is 5.32 Å². The van der Waals surface area contributed by atoms with E-state index >= 15 is 0 Å². The van der Waals surface area contributed by atoms with Crippen molar-refractivity contribution < 1.29 is 9.50 Å². The molecule has 88 valence electrons. The fourth-order valence-corrected chi connectivity index (χ4v) is 2.25. The van der Waals surface area contributed by atoms with Crippen molar-refractivity contribution in [2.45, 2.75) is 37.7 Å². The summed E-state index contributed by atoms with van der Waals surface area (Å²) in [6.45, 7) is 0.510. The molecular weight excluding hydrogens is 205 g/mol. The van der Waals surface area contributed by atoms with Crippen LogP contribution in [0.3, 0.4) is 0 Å². The molecule has 1 aromatic carbocycles. The Kier molecular flexibility index (Phi) is 3.44. The van der Waals surface area contributed by atoms with E-state index in [9.17, 15) is 9.50 Å². The minimum atomic E-state index is -0.607. The summed E-state index contributed by atoms with van der Waals surface area (Å²) in [7, 11) is 0. The Morgan fingerprint density at radius 2 is 2.00 bits per heavy atom. The highest BCUT2D eigenvalue weighted by Gasteiger charge is 2.28. The van der Waals surface area contributed by atoms with Crippen molar-refractivity contribution in [2.75, 3.05) is 11.9 Å². The maximum Gasteiger partial charge on any atom is 0.125 e. The van der Waals surface area contributed by atoms with Crippen molar-refractivity contribution in [3.8, 4) is 0 Å². The van der Waals surface area contributed by atoms with Crippen LogP contribution in [0.4, 0.5) is 10.1 Å². The van der Waals surface area contributed by atoms with Gasteiger partial charge in [-0.2, -0.15) is 0 Å². The number of benzene rings is 1. The van der Waals surface area contributed by atoms with Crippen LogP contribution in [0.1, 0.15) is 32.1 Å². The van der Waals surface area contributed by atoms with Gasteiger partial charge in [0.15, 0.2) is 0 Å². The molecule has 2 N–H and O–H groups in total. The van der Waals surface area contributed by atoms with Crippen LogP contribution in [0.2, 0.25) is 0 Å². The van der Waals surface area contributed by atoms with Gasteiger partial charge in [0.2, 0.25) is 0 Å². The SMILES string of the molecule is OC1(CNc2cccc(F)c2)CCCCC1. The lowest BCUT2D eigenvalue weighted by Gasteiger charge is -2.32. The number of hydrogen-bond acceptors (Lipinski definition) is 2. The molecule has 0 aromatic heterocycles. The van der Waals surface area contributed by atoms with Crippen molar-refractivity contribution in [1.29, 1.82) is 0 Å². The Morgan fingerprint density at radius 1 is 1.25 bits per heavy atom. The molecule has 0 bridgehead atoms. The van der Waals surface area contributed by atoms with Gasteiger partial charge in [0.05, 0.1) is 5.60 Å². The molecule has 1 aromatic rings. The first kappa shape index (κ1) is 11.4. The third kappa shape index (κ3) is 2.95. The molecular formula is C13H18FNO. The van der Waals surface area contributed by atoms with Crippen molar-refractivity contribution in [3.63, 3.8) is 0 Å². The zero-order valence-corrected chi connectivity index (χ0v) is 9.38. The summed E-state index contributed by atoms with van der Waals surface area (Å²) in [5, 5.41) is 13.4. The maximum absolute atomic E-state index is 12.9. The van der Waals surface area contributed by atoms with Crippen LogP contribution in [-0.2, 0) is 0 Å². The van der Waals surface area contributed by atoms with E-state index in [-0.39, 0.29) is 5.82 Å². The quantitative estimate of drug-likeness (QED) is 0.825. The smallest absolute Gasteiger partial charge is 0.125 e. The van der Waals surface area contributed by atoms with E-state index < -0.39 is 5.60 Å². The van der Waals surface area contributed by atoms with Gasteiger partial charge in [0.1, 0.15) is 5.82 Å². The monoisotopic (exact) mass is 223 g/mol. The summed E-state index contributed by atoms with van der Waals surface area (Å²) in [5.74, 6) is -0.249. The lowest BCUT2D eigenvalue weighted by atomic mass is 9.85. The second-order valence-electron chi connectivity index (χ2n) is 4.65. The summed E-state index contributed by atoms with van der Waals surface area (Å²) < 4.78 is 12.9. The Balaban J connectivity index is 1.91. The number of rotatable bonds is 3. The van der Waals surface area contributed by atoms with Gasteiger partial charge in [-0.05, 0) is 31.0 Å². The molecule has 1 aliphatic rings. The first-order chi connectivity index (χ1) is 7.68. The lowest BCUT2D eigenvalue weighted by Crippen LogP contribution is -2.38. The number of aliphatic hydroxyl groups is 1. The highest BCUT2D eigenvalue weighted by molar-refractivity contribution is 5.43. The van der Waals surface area contributed by atoms with Crippen molar-refractivity contribution in [1.82, 2.24) is 0 Å². The highest BCUT2D eigenvalue weighted by atomic mass is 19.1. The second kappa shape index (κ2) is 4.83. The number of halogens is 1. The molecule has 2 nitrogen and oxygen atoms in total. The van der Waals surface area contributed by atoms with Gasteiger partial charge in [-0.25, -0.2) is 4.39 Å². The molecule has 0 heterocycles. The van der Waals surface area contributed by atoms with Crippen LogP contribution in [0.15, 0.2) is 24.3 Å². The number of anilines is 1. The van der Waals surface area contributed by atoms with Gasteiger partial charge in [-0.1, -0.05) is 25.3 Å². The first-order valence-corrected chi connectivity index (χ1v) is 5.90. The molecule has 2 rings (SSSR count). The predicted octanol–water partition coefficient (Wildman–Crippen LogP) is 2.93. The third-order valence-electron chi connectivity index (χ3n) is 3.23. The summed E-state index contributed by atoms with van der Waals surface area (Å²) in [6.07, 6.45) is 5.07. The zero-order valence-electron chi connectivity index (χ0n) is 9.38. The molecule has 0 radical (unpaired) electrons. The van der Waals surface area contributed by atoms with Crippen molar-refractivity contribution >= 4 is 5.69 Å². The van der Waals surface area contributed by atoms with E-state index in [1.807, 2.05) is 6.07 Å². The summed E-state index contributed by atoms with van der Waals surface area (Å²) in [4.78, 5) is 0. The van der Waals surface area contributed by atoms with E-state index in [1.54, 1.807) is 6.07 Å². The van der Waals surface area contributed by atoms with E-state index in [1.165, 1.54) is 18.6 Å². The van der Waals surface area contributed by atoms with Gasteiger partial charge in [0.25, 0.3) is 0 Å². The van der Waals surface area contributed by atoms with Gasteiger partial charge in [-0.15, -0.1) is 0 Å². The average molecular weight is 223 g/mol. The highest BCUT2D eigenvalue weighted by Crippen LogP contribution is 2.28. The molecule has 1 fully saturated rings. The Bertz CT molecular complexity index is 348. The summed E-state index contributed by atoms with van der Waals surface area (Å²) in [6, 6.07) is 6.35. The van der Waals surface area contributed by atoms with Gasteiger partial charge in [-0.3, -0.25) is 0 Å². The van der Waals surface area contributed by atoms with Crippen LogP contribution < -0.4 is 5.32 Å². The number of nitrogens with one attached hydrogen (secondary N) is 1. The zero-order chi connectivity index (χ0) is 11.4. The standard InChI is InChI=1S/C13H18FNO/c14-11-5-4-6-12(9-11)15-10-13(16)7-2-1-3-8-13/h4-6,9,15-16H,1-3,7-8,10H2. The van der Waals surface area contributed by atoms with Crippen LogP contribution in [0.5, 0.6) is 0 Å². The molecule has 0 atom stereocenters. The minimum Gasteiger partial charge on any atom is -0.388 e. The molecule has 16 heavy (non-hydrogen) atoms. The Hall–Kier alpha value is -1.09. The fraction of sp³-hybridized carbons (Fsp3) is 0.538. The molecule has 3 heteroatoms. The average Bonchev–Trinajstić information content (AvgIpc) is 2.28. The Labute approximate surface area is 95.5 Å². The van der Waals surface area contributed by atoms with E-state index in [4.69, 9.17) is 0 Å². The van der Waals surface area contributed by atoms with Gasteiger partial charge < -0.3 is 10.4 Å². The topological polar surface area (TPSA) is 32.3 Å². The van der Waals surface area contributed by atoms with Crippen LogP contribution in [0.25, 0.3) is 0 Å². The molecule has 0 unspecified atom stereocenters. The lowest BCUT2D eigenvalue weighted by molar-refractivity contribution is 0.0167. The van der Waals surface area contributed by atoms with E-state index in [0.717, 1.165) is 31.4 Å². The van der Waals surface area contributed by atoms with Crippen molar-refractivity contribution in [3.05, 3.63) is 30.1 Å². The molecule has 0 amide bonds. The molecule has 0 spiro atoms. The van der Waals surface area contributed by atoms with Gasteiger partial charge in [0, 0.05) is 12.2 Å². The summed E-state index contributed by atoms with van der Waals surface area (Å²) in [5.41, 5.74) is 0.129. The normalized spacial score (nSPS) is 19.4. The maximum atomic E-state index is 12.9. The predicted molar refractivity (Wildman–Crippen MR) is 62.9 cm³/mol. The third-order valence-corrected chi connectivity index (χ3v) is 3.23. The first-order valence-electron chi connectivity index (χ1n) is 5.90.